The molecule has 0 bridgehead atoms. The molecule has 1 amide bonds. The highest BCUT2D eigenvalue weighted by atomic mass is 16.5. The molecule has 0 aromatic carbocycles. The first-order valence-corrected chi connectivity index (χ1v) is 5.50. The molecule has 0 fully saturated rings. The third-order valence-corrected chi connectivity index (χ3v) is 2.41. The zero-order valence-corrected chi connectivity index (χ0v) is 10.2. The van der Waals surface area contributed by atoms with Crippen molar-refractivity contribution in [2.75, 3.05) is 27.3 Å². The Balaban J connectivity index is 2.27. The average Bonchev–Trinajstić information content (AvgIpc) is 2.78. The Kier molecular flexibility index (Phi) is 5.65. The first-order valence-electron chi connectivity index (χ1n) is 5.50. The van der Waals surface area contributed by atoms with E-state index in [1.165, 1.54) is 12.0 Å². The van der Waals surface area contributed by atoms with E-state index >= 15 is 0 Å². The molecule has 1 heterocycles. The van der Waals surface area contributed by atoms with Crippen LogP contribution in [0.5, 0.6) is 0 Å². The molecule has 6 nitrogen and oxygen atoms in total. The number of carbonyl (C=O) groups excluding carboxylic acids is 1. The van der Waals surface area contributed by atoms with Gasteiger partial charge < -0.3 is 19.3 Å². The van der Waals surface area contributed by atoms with Gasteiger partial charge in [-0.2, -0.15) is 0 Å². The van der Waals surface area contributed by atoms with Gasteiger partial charge in [0.15, 0.2) is 0 Å². The lowest BCUT2D eigenvalue weighted by Gasteiger charge is -2.20. The summed E-state index contributed by atoms with van der Waals surface area (Å²) < 4.78 is 6.65. The van der Waals surface area contributed by atoms with Gasteiger partial charge in [0.25, 0.3) is 0 Å². The number of likely N-dealkylation sites (N-methyl/N-ethyl adjacent to an activating group) is 1. The highest BCUT2D eigenvalue weighted by Crippen LogP contribution is 1.97. The van der Waals surface area contributed by atoms with Crippen LogP contribution in [0.1, 0.15) is 6.42 Å². The van der Waals surface area contributed by atoms with E-state index in [0.29, 0.717) is 13.0 Å². The zero-order chi connectivity index (χ0) is 12.7. The highest BCUT2D eigenvalue weighted by Gasteiger charge is 2.13. The molecule has 1 atom stereocenters. The van der Waals surface area contributed by atoms with Crippen molar-refractivity contribution in [3.8, 4) is 0 Å². The van der Waals surface area contributed by atoms with Crippen molar-refractivity contribution in [3.05, 3.63) is 18.7 Å². The van der Waals surface area contributed by atoms with Gasteiger partial charge in [0.1, 0.15) is 0 Å². The molecular formula is C11H19N3O3. The fraction of sp³-hybridized carbons (Fsp3) is 0.636. The van der Waals surface area contributed by atoms with Crippen molar-refractivity contribution in [3.63, 3.8) is 0 Å². The Hall–Kier alpha value is -1.40. The summed E-state index contributed by atoms with van der Waals surface area (Å²) in [5.41, 5.74) is 0. The number of aliphatic hydroxyl groups excluding tert-OH is 1. The second kappa shape index (κ2) is 7.03. The Morgan fingerprint density at radius 2 is 2.41 bits per heavy atom. The SMILES string of the molecule is COCC(O)CN(C)C(=O)CCn1ccnc1. The maximum absolute atomic E-state index is 11.7. The van der Waals surface area contributed by atoms with Crippen molar-refractivity contribution in [2.24, 2.45) is 0 Å². The number of aryl methyl sites for hydroxylation is 1. The number of aromatic nitrogens is 2. The van der Waals surface area contributed by atoms with Crippen LogP contribution in [0.15, 0.2) is 18.7 Å². The van der Waals surface area contributed by atoms with E-state index in [1.54, 1.807) is 19.6 Å². The minimum Gasteiger partial charge on any atom is -0.389 e. The summed E-state index contributed by atoms with van der Waals surface area (Å²) in [6.07, 6.45) is 4.92. The fourth-order valence-corrected chi connectivity index (χ4v) is 1.50. The summed E-state index contributed by atoms with van der Waals surface area (Å²) in [5.74, 6) is -0.00569. The summed E-state index contributed by atoms with van der Waals surface area (Å²) in [7, 11) is 3.19. The third kappa shape index (κ3) is 4.97. The number of hydrogen-bond donors (Lipinski definition) is 1. The van der Waals surface area contributed by atoms with E-state index in [4.69, 9.17) is 4.74 Å². The number of amides is 1. The number of ether oxygens (including phenoxy) is 1. The Labute approximate surface area is 101 Å². The van der Waals surface area contributed by atoms with Crippen LogP contribution in [0.2, 0.25) is 0 Å². The van der Waals surface area contributed by atoms with E-state index in [1.807, 2.05) is 10.8 Å². The van der Waals surface area contributed by atoms with Crippen molar-refractivity contribution in [2.45, 2.75) is 19.1 Å². The van der Waals surface area contributed by atoms with E-state index in [9.17, 15) is 9.90 Å². The number of carbonyl (C=O) groups is 1. The molecule has 0 aliphatic carbocycles. The van der Waals surface area contributed by atoms with Gasteiger partial charge in [-0.25, -0.2) is 4.98 Å². The summed E-state index contributed by atoms with van der Waals surface area (Å²) >= 11 is 0. The molecule has 0 spiro atoms. The molecule has 0 radical (unpaired) electrons. The molecule has 17 heavy (non-hydrogen) atoms. The smallest absolute Gasteiger partial charge is 0.224 e. The van der Waals surface area contributed by atoms with Crippen molar-refractivity contribution in [1.82, 2.24) is 14.5 Å². The van der Waals surface area contributed by atoms with Gasteiger partial charge in [-0.05, 0) is 0 Å². The molecule has 96 valence electrons. The molecule has 0 saturated carbocycles. The van der Waals surface area contributed by atoms with E-state index in [0.717, 1.165) is 0 Å². The largest absolute Gasteiger partial charge is 0.389 e. The van der Waals surface area contributed by atoms with Gasteiger partial charge in [0.2, 0.25) is 5.91 Å². The minimum atomic E-state index is -0.637. The summed E-state index contributed by atoms with van der Waals surface area (Å²) in [6.45, 7) is 1.12. The predicted molar refractivity (Wildman–Crippen MR) is 62.4 cm³/mol. The normalized spacial score (nSPS) is 12.4. The summed E-state index contributed by atoms with van der Waals surface area (Å²) in [5, 5.41) is 9.49. The Morgan fingerprint density at radius 1 is 1.65 bits per heavy atom. The average molecular weight is 241 g/mol. The molecule has 0 aliphatic heterocycles. The van der Waals surface area contributed by atoms with E-state index in [-0.39, 0.29) is 19.1 Å². The second-order valence-electron chi connectivity index (χ2n) is 3.93. The first-order chi connectivity index (χ1) is 8.13. The lowest BCUT2D eigenvalue weighted by atomic mass is 10.3. The minimum absolute atomic E-state index is 0.00569. The fourth-order valence-electron chi connectivity index (χ4n) is 1.50. The molecular weight excluding hydrogens is 222 g/mol. The predicted octanol–water partition coefficient (Wildman–Crippen LogP) is -0.261. The van der Waals surface area contributed by atoms with E-state index in [2.05, 4.69) is 4.98 Å². The summed E-state index contributed by atoms with van der Waals surface area (Å²) in [6, 6.07) is 0. The van der Waals surface area contributed by atoms with Gasteiger partial charge in [-0.15, -0.1) is 0 Å². The molecule has 1 aromatic rings. The van der Waals surface area contributed by atoms with Crippen LogP contribution in [0.3, 0.4) is 0 Å². The van der Waals surface area contributed by atoms with Gasteiger partial charge >= 0.3 is 0 Å². The van der Waals surface area contributed by atoms with Crippen LogP contribution in [0.25, 0.3) is 0 Å². The third-order valence-electron chi connectivity index (χ3n) is 2.41. The van der Waals surface area contributed by atoms with E-state index < -0.39 is 6.10 Å². The molecule has 1 aromatic heterocycles. The molecule has 1 rings (SSSR count). The molecule has 6 heteroatoms. The number of nitrogens with zero attached hydrogens (tertiary/aromatic N) is 3. The maximum atomic E-state index is 11.7. The second-order valence-corrected chi connectivity index (χ2v) is 3.93. The van der Waals surface area contributed by atoms with Crippen LogP contribution in [0.4, 0.5) is 0 Å². The van der Waals surface area contributed by atoms with Crippen molar-refractivity contribution in [1.29, 1.82) is 0 Å². The number of methoxy groups -OCH3 is 1. The standard InChI is InChI=1S/C11H19N3O3/c1-13(7-10(15)8-17-2)11(16)3-5-14-6-4-12-9-14/h4,6,9-10,15H,3,5,7-8H2,1-2H3. The van der Waals surface area contributed by atoms with Crippen LogP contribution >= 0.6 is 0 Å². The molecule has 0 aliphatic rings. The van der Waals surface area contributed by atoms with Crippen LogP contribution in [-0.4, -0.2) is 58.9 Å². The molecule has 0 saturated heterocycles. The number of imidazole rings is 1. The topological polar surface area (TPSA) is 67.6 Å². The summed E-state index contributed by atoms with van der Waals surface area (Å²) in [4.78, 5) is 17.1. The van der Waals surface area contributed by atoms with Gasteiger partial charge in [0, 0.05) is 46.1 Å². The van der Waals surface area contributed by atoms with Crippen LogP contribution in [0, 0.1) is 0 Å². The lowest BCUT2D eigenvalue weighted by Crippen LogP contribution is -2.36. The number of hydrogen-bond acceptors (Lipinski definition) is 4. The van der Waals surface area contributed by atoms with Gasteiger partial charge in [-0.3, -0.25) is 4.79 Å². The monoisotopic (exact) mass is 241 g/mol. The number of rotatable bonds is 7. The van der Waals surface area contributed by atoms with Gasteiger partial charge in [0.05, 0.1) is 19.0 Å². The number of aliphatic hydroxyl groups is 1. The van der Waals surface area contributed by atoms with Crippen LogP contribution in [-0.2, 0) is 16.1 Å². The lowest BCUT2D eigenvalue weighted by molar-refractivity contribution is -0.131. The molecule has 1 unspecified atom stereocenters. The highest BCUT2D eigenvalue weighted by molar-refractivity contribution is 5.75. The zero-order valence-electron chi connectivity index (χ0n) is 10.2. The quantitative estimate of drug-likeness (QED) is 0.714. The van der Waals surface area contributed by atoms with Crippen LogP contribution < -0.4 is 0 Å². The van der Waals surface area contributed by atoms with Gasteiger partial charge in [-0.1, -0.05) is 0 Å². The Bertz CT molecular complexity index is 327. The first kappa shape index (κ1) is 13.7. The molecule has 1 N–H and O–H groups in total. The van der Waals surface area contributed by atoms with Crippen molar-refractivity contribution < 1.29 is 14.6 Å². The Morgan fingerprint density at radius 3 is 3.00 bits per heavy atom. The maximum Gasteiger partial charge on any atom is 0.224 e. The van der Waals surface area contributed by atoms with Crippen molar-refractivity contribution >= 4 is 5.91 Å².